The summed E-state index contributed by atoms with van der Waals surface area (Å²) in [4.78, 5) is 5.14. The maximum Gasteiger partial charge on any atom is 0.0802 e. The molecule has 0 atom stereocenters. The molecule has 1 N–H and O–H groups in total. The molecule has 0 unspecified atom stereocenters. The summed E-state index contributed by atoms with van der Waals surface area (Å²) >= 11 is 6.69. The quantitative estimate of drug-likeness (QED) is 0.605. The molecule has 4 rings (SSSR count). The Labute approximate surface area is 164 Å². The van der Waals surface area contributed by atoms with Crippen molar-refractivity contribution in [1.82, 2.24) is 5.32 Å². The minimum atomic E-state index is -0.808. The number of nitrogens with one attached hydrogen (secondary N) is 1. The Balaban J connectivity index is 2.06. The van der Waals surface area contributed by atoms with Crippen LogP contribution >= 0.6 is 11.6 Å². The maximum absolute atomic E-state index is 6.69. The van der Waals surface area contributed by atoms with Crippen molar-refractivity contribution in [3.63, 3.8) is 0 Å². The Morgan fingerprint density at radius 3 is 1.96 bits per heavy atom. The fourth-order valence-electron chi connectivity index (χ4n) is 3.38. The van der Waals surface area contributed by atoms with Gasteiger partial charge in [-0.15, -0.1) is 0 Å². The number of halogens is 1. The number of rotatable bonds is 4. The smallest absolute Gasteiger partial charge is 0.0802 e. The first kappa shape index (κ1) is 17.4. The van der Waals surface area contributed by atoms with E-state index in [1.54, 1.807) is 0 Å². The first-order chi connectivity index (χ1) is 13.3. The molecule has 0 amide bonds. The van der Waals surface area contributed by atoms with Gasteiger partial charge >= 0.3 is 0 Å². The third kappa shape index (κ3) is 3.34. The van der Waals surface area contributed by atoms with Gasteiger partial charge in [0.05, 0.1) is 5.54 Å². The lowest BCUT2D eigenvalue weighted by atomic mass is 9.77. The molecule has 0 saturated carbocycles. The molecule has 134 valence electrons. The molecule has 4 heteroatoms. The molecule has 1 heterocycles. The van der Waals surface area contributed by atoms with Crippen LogP contribution in [-0.4, -0.2) is 12.5 Å². The van der Waals surface area contributed by atoms with Gasteiger partial charge in [0, 0.05) is 11.0 Å². The van der Waals surface area contributed by atoms with Gasteiger partial charge in [-0.05, 0) is 29.3 Å². The highest BCUT2D eigenvalue weighted by molar-refractivity contribution is 6.31. The number of aliphatic imine (C=N–C) groups is 1. The first-order valence-electron chi connectivity index (χ1n) is 8.86. The van der Waals surface area contributed by atoms with Crippen LogP contribution in [0.4, 0.5) is 0 Å². The average molecular weight is 373 g/mol. The second-order valence-corrected chi connectivity index (χ2v) is 6.65. The molecule has 27 heavy (non-hydrogen) atoms. The molecule has 1 aliphatic heterocycles. The van der Waals surface area contributed by atoms with Crippen LogP contribution in [0.5, 0.6) is 0 Å². The van der Waals surface area contributed by atoms with Crippen molar-refractivity contribution in [2.75, 3.05) is 6.54 Å². The largest absolute Gasteiger partial charge is 0.418 e. The van der Waals surface area contributed by atoms with E-state index in [9.17, 15) is 0 Å². The molecule has 3 aromatic carbocycles. The van der Waals surface area contributed by atoms with Gasteiger partial charge in [0.2, 0.25) is 0 Å². The molecule has 0 aliphatic carbocycles. The summed E-state index contributed by atoms with van der Waals surface area (Å²) in [6.45, 7) is 0.605. The Morgan fingerprint density at radius 1 is 0.815 bits per heavy atom. The minimum absolute atomic E-state index is 0.588. The van der Waals surface area contributed by atoms with Crippen molar-refractivity contribution in [3.05, 3.63) is 124 Å². The molecule has 0 aromatic heterocycles. The first-order valence-corrected chi connectivity index (χ1v) is 9.23. The standard InChI is InChI=1S/C23H19ClN3/c24-21-15-8-7-14-20(21)23(18-10-3-1-4-11-18,19-12-5-2-6-13-19)27-22-25-16-9-17-26-22/h1-16H,17H2,(H-,25,26,27)/q-1. The summed E-state index contributed by atoms with van der Waals surface area (Å²) in [7, 11) is 0. The highest BCUT2D eigenvalue weighted by atomic mass is 35.5. The highest BCUT2D eigenvalue weighted by Gasteiger charge is 2.34. The predicted molar refractivity (Wildman–Crippen MR) is 112 cm³/mol. The molecular weight excluding hydrogens is 354 g/mol. The van der Waals surface area contributed by atoms with Gasteiger partial charge in [-0.1, -0.05) is 103 Å². The van der Waals surface area contributed by atoms with E-state index in [2.05, 4.69) is 34.9 Å². The van der Waals surface area contributed by atoms with Gasteiger partial charge in [-0.2, -0.15) is 0 Å². The monoisotopic (exact) mass is 372 g/mol. The lowest BCUT2D eigenvalue weighted by Crippen LogP contribution is -2.32. The van der Waals surface area contributed by atoms with Crippen LogP contribution in [0.1, 0.15) is 16.7 Å². The number of hydrogen-bond donors (Lipinski definition) is 1. The van der Waals surface area contributed by atoms with Gasteiger partial charge < -0.3 is 15.6 Å². The summed E-state index contributed by atoms with van der Waals surface area (Å²) < 4.78 is 0. The summed E-state index contributed by atoms with van der Waals surface area (Å²) in [6, 6.07) is 28.3. The average Bonchev–Trinajstić information content (AvgIpc) is 2.75. The van der Waals surface area contributed by atoms with Crippen molar-refractivity contribution in [1.29, 1.82) is 0 Å². The predicted octanol–water partition coefficient (Wildman–Crippen LogP) is 5.48. The van der Waals surface area contributed by atoms with Crippen LogP contribution in [0.15, 0.2) is 102 Å². The number of guanidine groups is 1. The second-order valence-electron chi connectivity index (χ2n) is 6.25. The van der Waals surface area contributed by atoms with Crippen molar-refractivity contribution < 1.29 is 0 Å². The zero-order valence-electron chi connectivity index (χ0n) is 14.7. The van der Waals surface area contributed by atoms with Crippen LogP contribution in [0, 0.1) is 0 Å². The van der Waals surface area contributed by atoms with Gasteiger partial charge in [0.15, 0.2) is 0 Å². The van der Waals surface area contributed by atoms with Crippen molar-refractivity contribution in [2.24, 2.45) is 4.99 Å². The SMILES string of the molecule is Clc1ccccc1C(N=C1[N-]CC=CN1)(c1ccccc1)c1ccccc1. The third-order valence-corrected chi connectivity index (χ3v) is 4.93. The molecule has 0 fully saturated rings. The molecule has 3 nitrogen and oxygen atoms in total. The Hall–Kier alpha value is -3.04. The summed E-state index contributed by atoms with van der Waals surface area (Å²) in [5.41, 5.74) is 2.17. The van der Waals surface area contributed by atoms with E-state index in [4.69, 9.17) is 16.6 Å². The van der Waals surface area contributed by atoms with Crippen molar-refractivity contribution in [3.8, 4) is 0 Å². The lowest BCUT2D eigenvalue weighted by Gasteiger charge is -2.39. The van der Waals surface area contributed by atoms with E-state index in [0.717, 1.165) is 16.7 Å². The minimum Gasteiger partial charge on any atom is -0.418 e. The van der Waals surface area contributed by atoms with Gasteiger partial charge in [-0.25, -0.2) is 0 Å². The van der Waals surface area contributed by atoms with Crippen LogP contribution in [0.25, 0.3) is 5.32 Å². The van der Waals surface area contributed by atoms with Crippen LogP contribution in [-0.2, 0) is 5.54 Å². The maximum atomic E-state index is 6.69. The van der Waals surface area contributed by atoms with E-state index in [0.29, 0.717) is 17.5 Å². The molecule has 0 spiro atoms. The molecule has 0 saturated heterocycles. The molecule has 0 bridgehead atoms. The topological polar surface area (TPSA) is 38.5 Å². The van der Waals surface area contributed by atoms with Crippen LogP contribution in [0.3, 0.4) is 0 Å². The van der Waals surface area contributed by atoms with E-state index >= 15 is 0 Å². The van der Waals surface area contributed by atoms with E-state index in [1.165, 1.54) is 0 Å². The molecule has 0 radical (unpaired) electrons. The molecule has 3 aromatic rings. The number of hydrogen-bond acceptors (Lipinski definition) is 1. The molecular formula is C23H19ClN3-. The normalized spacial score (nSPS) is 15.2. The Morgan fingerprint density at radius 2 is 1.41 bits per heavy atom. The lowest BCUT2D eigenvalue weighted by molar-refractivity contribution is 0.653. The van der Waals surface area contributed by atoms with E-state index in [-0.39, 0.29) is 0 Å². The highest BCUT2D eigenvalue weighted by Crippen LogP contribution is 2.43. The molecule has 1 aliphatic rings. The van der Waals surface area contributed by atoms with E-state index < -0.39 is 5.54 Å². The number of nitrogens with zero attached hydrogens (tertiary/aromatic N) is 2. The fourth-order valence-corrected chi connectivity index (χ4v) is 3.65. The Bertz CT molecular complexity index is 926. The third-order valence-electron chi connectivity index (χ3n) is 4.60. The zero-order chi connectivity index (χ0) is 18.5. The van der Waals surface area contributed by atoms with Gasteiger partial charge in [0.25, 0.3) is 0 Å². The van der Waals surface area contributed by atoms with Crippen molar-refractivity contribution in [2.45, 2.75) is 5.54 Å². The van der Waals surface area contributed by atoms with Crippen LogP contribution < -0.4 is 5.32 Å². The summed E-state index contributed by atoms with van der Waals surface area (Å²) in [5.74, 6) is 0.588. The van der Waals surface area contributed by atoms with Gasteiger partial charge in [-0.3, -0.25) is 0 Å². The van der Waals surface area contributed by atoms with Crippen LogP contribution in [0.2, 0.25) is 5.02 Å². The summed E-state index contributed by atoms with van der Waals surface area (Å²) in [6.07, 6.45) is 3.83. The number of benzene rings is 3. The van der Waals surface area contributed by atoms with Crippen molar-refractivity contribution >= 4 is 17.6 Å². The second kappa shape index (κ2) is 7.68. The zero-order valence-corrected chi connectivity index (χ0v) is 15.5. The van der Waals surface area contributed by atoms with E-state index in [1.807, 2.05) is 72.9 Å². The van der Waals surface area contributed by atoms with Gasteiger partial charge in [0.1, 0.15) is 0 Å². The fraction of sp³-hybridized carbons (Fsp3) is 0.0870. The Kier molecular flexibility index (Phi) is 4.95. The summed E-state index contributed by atoms with van der Waals surface area (Å²) in [5, 5.41) is 8.36.